The van der Waals surface area contributed by atoms with E-state index in [9.17, 15) is 0 Å². The summed E-state index contributed by atoms with van der Waals surface area (Å²) in [5, 5.41) is 0. The lowest BCUT2D eigenvalue weighted by molar-refractivity contribution is 0.436. The van der Waals surface area contributed by atoms with E-state index in [4.69, 9.17) is 19.7 Å². The third-order valence-electron chi connectivity index (χ3n) is 12.7. The van der Waals surface area contributed by atoms with Gasteiger partial charge in [-0.2, -0.15) is 0 Å². The zero-order chi connectivity index (χ0) is 41.1. The van der Waals surface area contributed by atoms with Gasteiger partial charge in [0.1, 0.15) is 11.5 Å². The molecule has 0 amide bonds. The molecule has 1 atom stereocenters. The lowest BCUT2D eigenvalue weighted by Crippen LogP contribution is -2.32. The number of nitrogens with zero attached hydrogens (tertiary/aromatic N) is 3. The van der Waals surface area contributed by atoms with Crippen molar-refractivity contribution in [3.05, 3.63) is 238 Å². The van der Waals surface area contributed by atoms with E-state index in [1.165, 1.54) is 27.8 Å². The predicted octanol–water partition coefficient (Wildman–Crippen LogP) is 13.8. The van der Waals surface area contributed by atoms with Gasteiger partial charge in [0, 0.05) is 39.6 Å². The highest BCUT2D eigenvalue weighted by atomic mass is 16.5. The molecule has 11 rings (SSSR count). The number of aromatic nitrogens is 1. The molecule has 8 aromatic rings. The van der Waals surface area contributed by atoms with E-state index < -0.39 is 5.41 Å². The number of hydrogen-bond donors (Lipinski definition) is 0. The molecule has 1 aromatic heterocycles. The van der Waals surface area contributed by atoms with Crippen molar-refractivity contribution in [2.45, 2.75) is 32.6 Å². The van der Waals surface area contributed by atoms with Crippen molar-refractivity contribution >= 4 is 17.2 Å². The average molecular weight is 786 g/mol. The number of fused-ring (bicyclic) bond motifs is 9. The Morgan fingerprint density at radius 3 is 1.75 bits per heavy atom. The van der Waals surface area contributed by atoms with Crippen molar-refractivity contribution in [3.63, 3.8) is 0 Å². The van der Waals surface area contributed by atoms with Gasteiger partial charge in [-0.15, -0.1) is 0 Å². The Balaban J connectivity index is 1.03. The third kappa shape index (κ3) is 6.01. The number of benzene rings is 7. The molecule has 0 bridgehead atoms. The quantitative estimate of drug-likeness (QED) is 0.174. The van der Waals surface area contributed by atoms with E-state index in [-0.39, 0.29) is 5.92 Å². The van der Waals surface area contributed by atoms with E-state index >= 15 is 0 Å². The molecule has 1 unspecified atom stereocenters. The molecule has 3 aliphatic rings. The standard InChI is InChI=1S/C57H43N3O/c1-36-24-35-51(41-30-26-39(27-31-41)44-34-25-37(2)58-38(44)3)59-56(60-55(36)42-14-5-4-6-15-42)43-32-28-40(29-33-43)45-17-13-21-50-54(45)46-16-7-8-18-47(46)57(50)48-19-9-11-22-52(48)61-53-23-12-10-20-49(53)57/h4-23,25-36H,24H2,1-3H3. The minimum atomic E-state index is -0.517. The smallest absolute Gasteiger partial charge is 0.160 e. The lowest BCUT2D eigenvalue weighted by Gasteiger charge is -2.39. The highest BCUT2D eigenvalue weighted by Gasteiger charge is 2.51. The second kappa shape index (κ2) is 14.7. The maximum atomic E-state index is 6.58. The summed E-state index contributed by atoms with van der Waals surface area (Å²) in [4.78, 5) is 15.5. The summed E-state index contributed by atoms with van der Waals surface area (Å²) >= 11 is 0. The lowest BCUT2D eigenvalue weighted by atomic mass is 9.66. The van der Waals surface area contributed by atoms with E-state index in [1.807, 2.05) is 6.92 Å². The van der Waals surface area contributed by atoms with Crippen LogP contribution in [-0.4, -0.2) is 16.5 Å². The van der Waals surface area contributed by atoms with Crippen molar-refractivity contribution in [1.29, 1.82) is 0 Å². The summed E-state index contributed by atoms with van der Waals surface area (Å²) < 4.78 is 6.58. The van der Waals surface area contributed by atoms with Gasteiger partial charge in [0.25, 0.3) is 0 Å². The van der Waals surface area contributed by atoms with E-state index in [0.717, 1.165) is 85.2 Å². The van der Waals surface area contributed by atoms with Crippen molar-refractivity contribution in [2.75, 3.05) is 0 Å². The Morgan fingerprint density at radius 2 is 1.05 bits per heavy atom. The molecular weight excluding hydrogens is 743 g/mol. The Kier molecular flexibility index (Phi) is 8.82. The van der Waals surface area contributed by atoms with Gasteiger partial charge in [0.15, 0.2) is 5.84 Å². The molecule has 0 saturated carbocycles. The Bertz CT molecular complexity index is 3060. The van der Waals surface area contributed by atoms with Gasteiger partial charge in [0.05, 0.1) is 16.8 Å². The molecule has 0 N–H and O–H groups in total. The van der Waals surface area contributed by atoms with Gasteiger partial charge < -0.3 is 4.74 Å². The molecule has 61 heavy (non-hydrogen) atoms. The second-order valence-electron chi connectivity index (χ2n) is 16.4. The third-order valence-corrected chi connectivity index (χ3v) is 12.7. The Morgan fingerprint density at radius 1 is 0.475 bits per heavy atom. The first-order chi connectivity index (χ1) is 30.0. The molecule has 0 saturated heterocycles. The summed E-state index contributed by atoms with van der Waals surface area (Å²) in [6.07, 6.45) is 3.10. The fourth-order valence-corrected chi connectivity index (χ4v) is 9.83. The van der Waals surface area contributed by atoms with Gasteiger partial charge in [-0.25, -0.2) is 9.98 Å². The number of hydrogen-bond acceptors (Lipinski definition) is 4. The first kappa shape index (κ1) is 36.6. The molecule has 292 valence electrons. The van der Waals surface area contributed by atoms with Crippen LogP contribution < -0.4 is 4.74 Å². The molecule has 1 spiro atoms. The number of para-hydroxylation sites is 2. The topological polar surface area (TPSA) is 46.8 Å². The zero-order valence-electron chi connectivity index (χ0n) is 34.4. The summed E-state index contributed by atoms with van der Waals surface area (Å²) in [5.41, 5.74) is 18.6. The first-order valence-corrected chi connectivity index (χ1v) is 21.2. The van der Waals surface area contributed by atoms with Gasteiger partial charge in [0.2, 0.25) is 0 Å². The zero-order valence-corrected chi connectivity index (χ0v) is 34.4. The molecule has 0 fully saturated rings. The van der Waals surface area contributed by atoms with Gasteiger partial charge >= 0.3 is 0 Å². The predicted molar refractivity (Wildman–Crippen MR) is 250 cm³/mol. The van der Waals surface area contributed by atoms with Crippen LogP contribution in [-0.2, 0) is 5.41 Å². The normalized spacial score (nSPS) is 15.8. The number of allylic oxidation sites excluding steroid dienone is 1. The number of aliphatic imine (C=N–C) groups is 2. The summed E-state index contributed by atoms with van der Waals surface area (Å²) in [6.45, 7) is 6.37. The molecule has 4 heteroatoms. The number of ether oxygens (including phenoxy) is 1. The number of rotatable bonds is 5. The highest BCUT2D eigenvalue weighted by molar-refractivity contribution is 6.15. The molecule has 2 aliphatic heterocycles. The maximum Gasteiger partial charge on any atom is 0.160 e. The number of amidine groups is 1. The molecular formula is C57H43N3O. The van der Waals surface area contributed by atoms with Gasteiger partial charge in [-0.1, -0.05) is 177 Å². The van der Waals surface area contributed by atoms with Crippen LogP contribution in [0.5, 0.6) is 11.5 Å². The first-order valence-electron chi connectivity index (χ1n) is 21.2. The summed E-state index contributed by atoms with van der Waals surface area (Å²) in [6, 6.07) is 65.1. The fraction of sp³-hybridized carbons (Fsp3) is 0.105. The van der Waals surface area contributed by atoms with Crippen LogP contribution in [0.4, 0.5) is 0 Å². The summed E-state index contributed by atoms with van der Waals surface area (Å²) in [5.74, 6) is 2.67. The Hall–Kier alpha value is -7.43. The second-order valence-corrected chi connectivity index (χ2v) is 16.4. The highest BCUT2D eigenvalue weighted by Crippen LogP contribution is 2.63. The van der Waals surface area contributed by atoms with Crippen LogP contribution in [0.3, 0.4) is 0 Å². The van der Waals surface area contributed by atoms with Crippen LogP contribution in [0.2, 0.25) is 0 Å². The van der Waals surface area contributed by atoms with E-state index in [2.05, 4.69) is 202 Å². The minimum absolute atomic E-state index is 0.183. The number of aryl methyl sites for hydroxylation is 2. The largest absolute Gasteiger partial charge is 0.457 e. The SMILES string of the molecule is Cc1ccc(-c2ccc(C3=CCC(C)C(c4ccccc4)=NC(c4ccc(-c5cccc6c5-c5ccccc5C65c6ccccc6Oc6ccccc65)cc4)=N3)cc2)c(C)n1. The van der Waals surface area contributed by atoms with Crippen molar-refractivity contribution in [2.24, 2.45) is 15.9 Å². The summed E-state index contributed by atoms with van der Waals surface area (Å²) in [7, 11) is 0. The number of pyridine rings is 1. The van der Waals surface area contributed by atoms with Crippen LogP contribution in [0.1, 0.15) is 63.7 Å². The van der Waals surface area contributed by atoms with E-state index in [1.54, 1.807) is 0 Å². The molecule has 4 nitrogen and oxygen atoms in total. The maximum absolute atomic E-state index is 6.58. The molecule has 7 aromatic carbocycles. The van der Waals surface area contributed by atoms with Crippen molar-refractivity contribution < 1.29 is 4.74 Å². The minimum Gasteiger partial charge on any atom is -0.457 e. The van der Waals surface area contributed by atoms with Crippen LogP contribution in [0, 0.1) is 19.8 Å². The van der Waals surface area contributed by atoms with Crippen molar-refractivity contribution in [1.82, 2.24) is 4.98 Å². The Labute approximate surface area is 357 Å². The molecule has 1 aliphatic carbocycles. The van der Waals surface area contributed by atoms with Crippen LogP contribution in [0.25, 0.3) is 39.1 Å². The van der Waals surface area contributed by atoms with E-state index in [0.29, 0.717) is 5.84 Å². The van der Waals surface area contributed by atoms with Crippen molar-refractivity contribution in [3.8, 4) is 44.9 Å². The monoisotopic (exact) mass is 785 g/mol. The molecule has 3 heterocycles. The van der Waals surface area contributed by atoms with Crippen LogP contribution in [0.15, 0.2) is 198 Å². The van der Waals surface area contributed by atoms with Gasteiger partial charge in [-0.3, -0.25) is 4.98 Å². The molecule has 0 radical (unpaired) electrons. The average Bonchev–Trinajstić information content (AvgIpc) is 3.59. The fourth-order valence-electron chi connectivity index (χ4n) is 9.83. The van der Waals surface area contributed by atoms with Gasteiger partial charge in [-0.05, 0) is 88.5 Å². The van der Waals surface area contributed by atoms with Crippen LogP contribution >= 0.6 is 0 Å².